The van der Waals surface area contributed by atoms with Gasteiger partial charge in [-0.3, -0.25) is 0 Å². The van der Waals surface area contributed by atoms with Crippen LogP contribution in [0.5, 0.6) is 0 Å². The Morgan fingerprint density at radius 2 is 1.40 bits per heavy atom. The zero-order chi connectivity index (χ0) is 26.1. The number of benzene rings is 2. The summed E-state index contributed by atoms with van der Waals surface area (Å²) in [5.41, 5.74) is 0.957. The van der Waals surface area contributed by atoms with Gasteiger partial charge in [0.25, 0.3) is 10.0 Å². The third-order valence-corrected chi connectivity index (χ3v) is 7.08. The molecule has 0 amide bonds. The summed E-state index contributed by atoms with van der Waals surface area (Å²) in [7, 11) is -1.96. The third-order valence-electron chi connectivity index (χ3n) is 5.36. The molecule has 3 aromatic rings. The first-order valence-corrected chi connectivity index (χ1v) is 12.4. The van der Waals surface area contributed by atoms with Crippen LogP contribution in [0, 0.1) is 13.8 Å². The minimum absolute atomic E-state index is 0.00211. The summed E-state index contributed by atoms with van der Waals surface area (Å²) in [5.74, 6) is -1.81. The van der Waals surface area contributed by atoms with Crippen molar-refractivity contribution >= 4 is 27.8 Å². The van der Waals surface area contributed by atoms with Gasteiger partial charge in [-0.15, -0.1) is 0 Å². The van der Waals surface area contributed by atoms with E-state index in [1.54, 1.807) is 43.3 Å². The average Bonchev–Trinajstić information content (AvgIpc) is 3.12. The fourth-order valence-corrected chi connectivity index (χ4v) is 5.26. The molecular weight excluding hydrogens is 468 g/mol. The van der Waals surface area contributed by atoms with Crippen LogP contribution in [0.3, 0.4) is 0 Å². The number of hydrogen-bond acceptors (Lipinski definition) is 7. The summed E-state index contributed by atoms with van der Waals surface area (Å²) in [6, 6.07) is 13.4. The van der Waals surface area contributed by atoms with E-state index in [9.17, 15) is 18.0 Å². The summed E-state index contributed by atoms with van der Waals surface area (Å²) in [5, 5.41) is 3.13. The minimum atomic E-state index is -4.30. The van der Waals surface area contributed by atoms with Crippen molar-refractivity contribution in [2.24, 2.45) is 0 Å². The molecule has 0 radical (unpaired) electrons. The van der Waals surface area contributed by atoms with Crippen LogP contribution in [-0.4, -0.2) is 44.1 Å². The quantitative estimate of drug-likeness (QED) is 0.487. The molecular formula is C26H30N2O6S. The molecule has 0 atom stereocenters. The molecule has 0 saturated carbocycles. The fraction of sp³-hybridized carbons (Fsp3) is 0.308. The van der Waals surface area contributed by atoms with Gasteiger partial charge < -0.3 is 14.8 Å². The zero-order valence-electron chi connectivity index (χ0n) is 20.9. The number of hydrogen-bond donors (Lipinski definition) is 1. The molecule has 0 bridgehead atoms. The molecule has 1 aromatic heterocycles. The number of anilines is 1. The maximum atomic E-state index is 14.2. The van der Waals surface area contributed by atoms with Crippen LogP contribution in [0.4, 0.5) is 5.82 Å². The Kier molecular flexibility index (Phi) is 7.12. The van der Waals surface area contributed by atoms with Crippen LogP contribution in [0.25, 0.3) is 11.3 Å². The van der Waals surface area contributed by atoms with Crippen LogP contribution in [-0.2, 0) is 19.5 Å². The number of carbonyl (C=O) groups is 2. The highest BCUT2D eigenvalue weighted by molar-refractivity contribution is 7.90. The molecule has 0 aliphatic carbocycles. The molecule has 186 valence electrons. The zero-order valence-corrected chi connectivity index (χ0v) is 21.7. The fourth-order valence-electron chi connectivity index (χ4n) is 3.76. The smallest absolute Gasteiger partial charge is 0.342 e. The Labute approximate surface area is 205 Å². The van der Waals surface area contributed by atoms with E-state index in [1.807, 2.05) is 27.7 Å². The standard InChI is InChI=1S/C26H30N2O6S/c1-16-12-14-18(15-13-16)35(31,32)28-22(19-11-9-8-10-17(19)2)20(24(29)33-6)21(25(30)34-7)23(28)27-26(3,4)5/h8-15,27H,1-7H3. The van der Waals surface area contributed by atoms with Gasteiger partial charge in [-0.1, -0.05) is 42.0 Å². The topological polar surface area (TPSA) is 104 Å². The van der Waals surface area contributed by atoms with Gasteiger partial charge in [-0.2, -0.15) is 0 Å². The molecule has 0 aliphatic rings. The Bertz CT molecular complexity index is 1380. The summed E-state index contributed by atoms with van der Waals surface area (Å²) in [6.07, 6.45) is 0. The van der Waals surface area contributed by atoms with E-state index in [4.69, 9.17) is 9.47 Å². The van der Waals surface area contributed by atoms with Gasteiger partial charge in [0, 0.05) is 11.1 Å². The first-order chi connectivity index (χ1) is 16.3. The number of esters is 2. The van der Waals surface area contributed by atoms with Crippen molar-refractivity contribution in [1.82, 2.24) is 3.97 Å². The maximum absolute atomic E-state index is 14.2. The molecule has 0 fully saturated rings. The molecule has 0 spiro atoms. The second-order valence-corrected chi connectivity index (χ2v) is 11.0. The van der Waals surface area contributed by atoms with Crippen molar-refractivity contribution in [3.63, 3.8) is 0 Å². The van der Waals surface area contributed by atoms with Crippen molar-refractivity contribution in [2.75, 3.05) is 19.5 Å². The summed E-state index contributed by atoms with van der Waals surface area (Å²) in [4.78, 5) is 26.2. The van der Waals surface area contributed by atoms with Crippen molar-refractivity contribution in [2.45, 2.75) is 45.1 Å². The Morgan fingerprint density at radius 3 is 1.91 bits per heavy atom. The largest absolute Gasteiger partial charge is 0.465 e. The minimum Gasteiger partial charge on any atom is -0.465 e. The van der Waals surface area contributed by atoms with Crippen LogP contribution in [0.1, 0.15) is 52.6 Å². The molecule has 8 nitrogen and oxygen atoms in total. The Morgan fingerprint density at radius 1 is 0.857 bits per heavy atom. The van der Waals surface area contributed by atoms with E-state index in [2.05, 4.69) is 5.32 Å². The van der Waals surface area contributed by atoms with Gasteiger partial charge >= 0.3 is 11.9 Å². The van der Waals surface area contributed by atoms with Crippen molar-refractivity contribution in [1.29, 1.82) is 0 Å². The lowest BCUT2D eigenvalue weighted by molar-refractivity contribution is 0.0558. The first-order valence-electron chi connectivity index (χ1n) is 10.9. The highest BCUT2D eigenvalue weighted by Crippen LogP contribution is 2.41. The number of aromatic nitrogens is 1. The van der Waals surface area contributed by atoms with Crippen molar-refractivity contribution < 1.29 is 27.5 Å². The molecule has 1 heterocycles. The summed E-state index contributed by atoms with van der Waals surface area (Å²) >= 11 is 0. The van der Waals surface area contributed by atoms with Crippen LogP contribution >= 0.6 is 0 Å². The van der Waals surface area contributed by atoms with Crippen molar-refractivity contribution in [3.05, 3.63) is 70.8 Å². The van der Waals surface area contributed by atoms with Gasteiger partial charge in [0.15, 0.2) is 0 Å². The second-order valence-electron chi connectivity index (χ2n) is 9.20. The number of carbonyl (C=O) groups excluding carboxylic acids is 2. The SMILES string of the molecule is COC(=O)c1c(C(=O)OC)c(-c2ccccc2C)n(S(=O)(=O)c2ccc(C)cc2)c1NC(C)(C)C. The lowest BCUT2D eigenvalue weighted by Gasteiger charge is -2.25. The summed E-state index contributed by atoms with van der Waals surface area (Å²) < 4.78 is 39.4. The van der Waals surface area contributed by atoms with E-state index in [-0.39, 0.29) is 27.5 Å². The molecule has 3 rings (SSSR count). The van der Waals surface area contributed by atoms with Crippen LogP contribution in [0.15, 0.2) is 53.4 Å². The van der Waals surface area contributed by atoms with Crippen molar-refractivity contribution in [3.8, 4) is 11.3 Å². The molecule has 0 saturated heterocycles. The Hall–Kier alpha value is -3.59. The lowest BCUT2D eigenvalue weighted by atomic mass is 10.0. The highest BCUT2D eigenvalue weighted by atomic mass is 32.2. The van der Waals surface area contributed by atoms with E-state index < -0.39 is 27.5 Å². The molecule has 9 heteroatoms. The monoisotopic (exact) mass is 498 g/mol. The molecule has 1 N–H and O–H groups in total. The van der Waals surface area contributed by atoms with Gasteiger partial charge in [-0.05, 0) is 52.3 Å². The maximum Gasteiger partial charge on any atom is 0.342 e. The van der Waals surface area contributed by atoms with Gasteiger partial charge in [-0.25, -0.2) is 22.0 Å². The number of aryl methyl sites for hydroxylation is 2. The number of rotatable bonds is 6. The normalized spacial score (nSPS) is 11.7. The third kappa shape index (κ3) is 4.95. The van der Waals surface area contributed by atoms with Gasteiger partial charge in [0.2, 0.25) is 0 Å². The van der Waals surface area contributed by atoms with Crippen LogP contribution < -0.4 is 5.32 Å². The van der Waals surface area contributed by atoms with Crippen LogP contribution in [0.2, 0.25) is 0 Å². The van der Waals surface area contributed by atoms with E-state index in [0.717, 1.165) is 9.54 Å². The first kappa shape index (κ1) is 26.0. The molecule has 2 aromatic carbocycles. The summed E-state index contributed by atoms with van der Waals surface area (Å²) in [6.45, 7) is 9.09. The van der Waals surface area contributed by atoms with Gasteiger partial charge in [0.05, 0.1) is 24.8 Å². The number of ether oxygens (including phenoxy) is 2. The second kappa shape index (κ2) is 9.58. The van der Waals surface area contributed by atoms with Gasteiger partial charge in [0.1, 0.15) is 16.9 Å². The predicted molar refractivity (Wildman–Crippen MR) is 134 cm³/mol. The molecule has 0 aliphatic heterocycles. The Balaban J connectivity index is 2.63. The lowest BCUT2D eigenvalue weighted by Crippen LogP contribution is -2.30. The van der Waals surface area contributed by atoms with E-state index in [0.29, 0.717) is 11.1 Å². The predicted octanol–water partition coefficient (Wildman–Crippen LogP) is 4.79. The van der Waals surface area contributed by atoms with E-state index in [1.165, 1.54) is 26.4 Å². The molecule has 0 unspecified atom stereocenters. The highest BCUT2D eigenvalue weighted by Gasteiger charge is 2.39. The number of nitrogens with one attached hydrogen (secondary N) is 1. The number of methoxy groups -OCH3 is 2. The average molecular weight is 499 g/mol. The van der Waals surface area contributed by atoms with E-state index >= 15 is 0 Å². The molecule has 35 heavy (non-hydrogen) atoms. The number of nitrogens with zero attached hydrogens (tertiary/aromatic N) is 1.